The van der Waals surface area contributed by atoms with Crippen molar-refractivity contribution in [2.75, 3.05) is 0 Å². The zero-order valence-electron chi connectivity index (χ0n) is 13.9. The Kier molecular flexibility index (Phi) is 4.68. The van der Waals surface area contributed by atoms with Crippen LogP contribution in [0.4, 0.5) is 0 Å². The number of aromatic nitrogens is 3. The van der Waals surface area contributed by atoms with Crippen molar-refractivity contribution in [1.82, 2.24) is 19.9 Å². The maximum absolute atomic E-state index is 12.6. The van der Waals surface area contributed by atoms with Gasteiger partial charge in [-0.05, 0) is 26.7 Å². The Morgan fingerprint density at radius 2 is 1.96 bits per heavy atom. The predicted octanol–water partition coefficient (Wildman–Crippen LogP) is 2.11. The minimum absolute atomic E-state index is 0.110. The highest BCUT2D eigenvalue weighted by Gasteiger charge is 2.32. The molecule has 1 amide bonds. The molecule has 0 atom stereocenters. The minimum Gasteiger partial charge on any atom is -0.481 e. The third-order valence-corrected chi connectivity index (χ3v) is 4.31. The fourth-order valence-corrected chi connectivity index (χ4v) is 2.70. The van der Waals surface area contributed by atoms with E-state index in [4.69, 9.17) is 5.11 Å². The lowest BCUT2D eigenvalue weighted by Gasteiger charge is -2.31. The number of carbonyl (C=O) groups is 2. The summed E-state index contributed by atoms with van der Waals surface area (Å²) < 4.78 is 1.63. The van der Waals surface area contributed by atoms with Crippen LogP contribution in [0.2, 0.25) is 0 Å². The van der Waals surface area contributed by atoms with Gasteiger partial charge in [0, 0.05) is 12.3 Å². The van der Waals surface area contributed by atoms with Crippen LogP contribution in [0.25, 0.3) is 5.65 Å². The largest absolute Gasteiger partial charge is 0.481 e. The van der Waals surface area contributed by atoms with Crippen LogP contribution in [0.3, 0.4) is 0 Å². The van der Waals surface area contributed by atoms with Crippen LogP contribution in [-0.4, -0.2) is 37.1 Å². The smallest absolute Gasteiger partial charge is 0.305 e. The van der Waals surface area contributed by atoms with Crippen LogP contribution in [0.15, 0.2) is 12.3 Å². The summed E-state index contributed by atoms with van der Waals surface area (Å²) >= 11 is 0. The fraction of sp³-hybridized carbons (Fsp3) is 0.500. The molecule has 0 saturated carbocycles. The number of amides is 1. The summed E-state index contributed by atoms with van der Waals surface area (Å²) in [6.07, 6.45) is 2.48. The summed E-state index contributed by atoms with van der Waals surface area (Å²) in [6, 6.07) is 1.83. The quantitative estimate of drug-likeness (QED) is 0.850. The number of aryl methyl sites for hydroxylation is 2. The average Bonchev–Trinajstić information content (AvgIpc) is 2.87. The third-order valence-electron chi connectivity index (χ3n) is 4.31. The Morgan fingerprint density at radius 1 is 1.30 bits per heavy atom. The van der Waals surface area contributed by atoms with E-state index < -0.39 is 11.5 Å². The topological polar surface area (TPSA) is 96.6 Å². The number of nitrogens with zero attached hydrogens (tertiary/aromatic N) is 3. The van der Waals surface area contributed by atoms with Gasteiger partial charge in [-0.2, -0.15) is 5.10 Å². The highest BCUT2D eigenvalue weighted by atomic mass is 16.4. The molecule has 0 bridgehead atoms. The van der Waals surface area contributed by atoms with Gasteiger partial charge in [-0.1, -0.05) is 13.8 Å². The maximum Gasteiger partial charge on any atom is 0.305 e. The Labute approximate surface area is 134 Å². The van der Waals surface area contributed by atoms with Crippen molar-refractivity contribution in [1.29, 1.82) is 0 Å². The summed E-state index contributed by atoms with van der Waals surface area (Å²) in [6.45, 7) is 7.41. The molecule has 0 aliphatic heterocycles. The first-order valence-electron chi connectivity index (χ1n) is 7.68. The number of fused-ring (bicyclic) bond motifs is 1. The molecule has 0 saturated heterocycles. The monoisotopic (exact) mass is 318 g/mol. The molecule has 0 radical (unpaired) electrons. The summed E-state index contributed by atoms with van der Waals surface area (Å²) in [5.74, 6) is -1.25. The Balaban J connectivity index is 2.36. The number of nitrogens with one attached hydrogen (secondary N) is 1. The second kappa shape index (κ2) is 6.36. The fourth-order valence-electron chi connectivity index (χ4n) is 2.70. The second-order valence-electron chi connectivity index (χ2n) is 5.83. The molecule has 0 aliphatic rings. The number of hydrogen-bond donors (Lipinski definition) is 2. The van der Waals surface area contributed by atoms with Gasteiger partial charge in [0.1, 0.15) is 0 Å². The van der Waals surface area contributed by atoms with Crippen molar-refractivity contribution in [3.05, 3.63) is 29.2 Å². The lowest BCUT2D eigenvalue weighted by molar-refractivity contribution is -0.138. The molecular weight excluding hydrogens is 296 g/mol. The summed E-state index contributed by atoms with van der Waals surface area (Å²) in [4.78, 5) is 28.0. The SMILES string of the molecule is CCC(CC)(CC(=O)O)NC(=O)c1cnc2cc(C)nn2c1C. The first-order chi connectivity index (χ1) is 10.8. The molecule has 2 aromatic rings. The molecule has 7 heteroatoms. The molecule has 0 spiro atoms. The zero-order chi connectivity index (χ0) is 17.2. The summed E-state index contributed by atoms with van der Waals surface area (Å²) in [5, 5.41) is 16.3. The van der Waals surface area contributed by atoms with E-state index in [2.05, 4.69) is 15.4 Å². The van der Waals surface area contributed by atoms with Crippen molar-refractivity contribution in [2.45, 2.75) is 52.5 Å². The van der Waals surface area contributed by atoms with Crippen LogP contribution < -0.4 is 5.32 Å². The first kappa shape index (κ1) is 16.9. The number of aliphatic carboxylic acids is 1. The van der Waals surface area contributed by atoms with E-state index in [9.17, 15) is 9.59 Å². The van der Waals surface area contributed by atoms with Crippen LogP contribution in [-0.2, 0) is 4.79 Å². The van der Waals surface area contributed by atoms with Gasteiger partial charge in [-0.15, -0.1) is 0 Å². The van der Waals surface area contributed by atoms with Gasteiger partial charge in [0.05, 0.1) is 28.9 Å². The molecule has 0 unspecified atom stereocenters. The molecule has 7 nitrogen and oxygen atoms in total. The standard InChI is InChI=1S/C16H22N4O3/c1-5-16(6-2,8-14(21)22)18-15(23)12-9-17-13-7-10(3)19-20(13)11(12)4/h7,9H,5-6,8H2,1-4H3,(H,18,23)(H,21,22). The zero-order valence-corrected chi connectivity index (χ0v) is 13.9. The molecule has 0 fully saturated rings. The van der Waals surface area contributed by atoms with E-state index in [0.29, 0.717) is 29.7 Å². The minimum atomic E-state index is -0.929. The van der Waals surface area contributed by atoms with Crippen LogP contribution in [0.1, 0.15) is 54.9 Å². The second-order valence-corrected chi connectivity index (χ2v) is 5.83. The molecule has 23 heavy (non-hydrogen) atoms. The molecule has 124 valence electrons. The van der Waals surface area contributed by atoms with Gasteiger partial charge < -0.3 is 10.4 Å². The van der Waals surface area contributed by atoms with E-state index in [1.807, 2.05) is 26.8 Å². The van der Waals surface area contributed by atoms with E-state index in [1.54, 1.807) is 11.4 Å². The maximum atomic E-state index is 12.6. The Morgan fingerprint density at radius 3 is 2.52 bits per heavy atom. The van der Waals surface area contributed by atoms with E-state index in [-0.39, 0.29) is 12.3 Å². The van der Waals surface area contributed by atoms with Crippen LogP contribution in [0, 0.1) is 13.8 Å². The molecule has 0 aliphatic carbocycles. The van der Waals surface area contributed by atoms with Crippen LogP contribution in [0.5, 0.6) is 0 Å². The number of rotatable bonds is 6. The summed E-state index contributed by atoms with van der Waals surface area (Å²) in [5.41, 5.74) is 1.82. The Bertz CT molecular complexity index is 747. The number of carboxylic acids is 1. The van der Waals surface area contributed by atoms with Crippen molar-refractivity contribution in [3.63, 3.8) is 0 Å². The van der Waals surface area contributed by atoms with Gasteiger partial charge in [-0.25, -0.2) is 9.50 Å². The van der Waals surface area contributed by atoms with E-state index >= 15 is 0 Å². The van der Waals surface area contributed by atoms with Gasteiger partial charge in [0.25, 0.3) is 5.91 Å². The van der Waals surface area contributed by atoms with Crippen molar-refractivity contribution in [2.24, 2.45) is 0 Å². The summed E-state index contributed by atoms with van der Waals surface area (Å²) in [7, 11) is 0. The van der Waals surface area contributed by atoms with Crippen molar-refractivity contribution in [3.8, 4) is 0 Å². The number of hydrogen-bond acceptors (Lipinski definition) is 4. The van der Waals surface area contributed by atoms with Gasteiger partial charge in [0.2, 0.25) is 0 Å². The average molecular weight is 318 g/mol. The normalized spacial score (nSPS) is 11.7. The Hall–Kier alpha value is -2.44. The van der Waals surface area contributed by atoms with Gasteiger partial charge in [0.15, 0.2) is 5.65 Å². The van der Waals surface area contributed by atoms with Gasteiger partial charge in [-0.3, -0.25) is 9.59 Å². The molecule has 2 rings (SSSR count). The molecule has 2 N–H and O–H groups in total. The lowest BCUT2D eigenvalue weighted by Crippen LogP contribution is -2.49. The number of carboxylic acid groups (broad SMARTS) is 1. The first-order valence-corrected chi connectivity index (χ1v) is 7.68. The molecule has 2 aromatic heterocycles. The van der Waals surface area contributed by atoms with Crippen molar-refractivity contribution < 1.29 is 14.7 Å². The predicted molar refractivity (Wildman–Crippen MR) is 85.5 cm³/mol. The number of carbonyl (C=O) groups excluding carboxylic acids is 1. The molecular formula is C16H22N4O3. The van der Waals surface area contributed by atoms with E-state index in [1.165, 1.54) is 6.20 Å². The van der Waals surface area contributed by atoms with E-state index in [0.717, 1.165) is 5.69 Å². The lowest BCUT2D eigenvalue weighted by atomic mass is 9.88. The highest BCUT2D eigenvalue weighted by Crippen LogP contribution is 2.21. The van der Waals surface area contributed by atoms with Crippen molar-refractivity contribution >= 4 is 17.5 Å². The highest BCUT2D eigenvalue weighted by molar-refractivity contribution is 5.96. The van der Waals surface area contributed by atoms with Gasteiger partial charge >= 0.3 is 5.97 Å². The van der Waals surface area contributed by atoms with Crippen LogP contribution >= 0.6 is 0 Å². The molecule has 2 heterocycles. The third kappa shape index (κ3) is 3.33. The molecule has 0 aromatic carbocycles.